The van der Waals surface area contributed by atoms with Crippen molar-refractivity contribution in [2.45, 2.75) is 84.5 Å². The number of benzene rings is 8. The third-order valence-electron chi connectivity index (χ3n) is 15.9. The van der Waals surface area contributed by atoms with E-state index in [1.807, 2.05) is 22.7 Å². The number of hydrogen-bond donors (Lipinski definition) is 1. The summed E-state index contributed by atoms with van der Waals surface area (Å²) in [6.45, 7) is 19.0. The van der Waals surface area contributed by atoms with Crippen LogP contribution in [0.5, 0.6) is 0 Å². The summed E-state index contributed by atoms with van der Waals surface area (Å²) in [5.41, 5.74) is 19.1. The lowest BCUT2D eigenvalue weighted by Crippen LogP contribution is -2.37. The molecule has 0 spiro atoms. The number of furan rings is 1. The molecule has 6 heteroatoms. The van der Waals surface area contributed by atoms with Crippen molar-refractivity contribution in [3.05, 3.63) is 150 Å². The largest absolute Gasteiger partial charge is 0.456 e. The molecular weight excluding hydrogens is 852 g/mol. The Bertz CT molecular complexity index is 4150. The molecule has 0 bridgehead atoms. The van der Waals surface area contributed by atoms with Gasteiger partial charge in [-0.1, -0.05) is 109 Å². The predicted molar refractivity (Wildman–Crippen MR) is 294 cm³/mol. The Hall–Kier alpha value is -6.34. The second kappa shape index (κ2) is 13.4. The van der Waals surface area contributed by atoms with Crippen molar-refractivity contribution in [1.82, 2.24) is 4.57 Å². The average molecular weight is 903 g/mol. The molecule has 1 aliphatic heterocycles. The van der Waals surface area contributed by atoms with Gasteiger partial charge in [-0.05, 0) is 142 Å². The minimum atomic E-state index is 0.0728. The van der Waals surface area contributed by atoms with Gasteiger partial charge in [-0.25, -0.2) is 0 Å². The molecule has 8 aromatic carbocycles. The Labute approximate surface area is 399 Å². The molecule has 0 saturated heterocycles. The Morgan fingerprint density at radius 1 is 0.597 bits per heavy atom. The number of para-hydroxylation sites is 1. The Balaban J connectivity index is 1.08. The van der Waals surface area contributed by atoms with Gasteiger partial charge in [-0.3, -0.25) is 0 Å². The van der Waals surface area contributed by atoms with Crippen LogP contribution in [-0.2, 0) is 16.2 Å². The average Bonchev–Trinajstić information content (AvgIpc) is 4.05. The maximum absolute atomic E-state index is 6.61. The third-order valence-corrected chi connectivity index (χ3v) is 18.2. The van der Waals surface area contributed by atoms with Crippen LogP contribution in [0.15, 0.2) is 132 Å². The van der Waals surface area contributed by atoms with Gasteiger partial charge in [-0.15, -0.1) is 22.7 Å². The molecule has 4 aromatic heterocycles. The molecule has 0 atom stereocenters. The second-order valence-corrected chi connectivity index (χ2v) is 24.3. The van der Waals surface area contributed by atoms with Gasteiger partial charge in [-0.2, -0.15) is 0 Å². The summed E-state index contributed by atoms with van der Waals surface area (Å²) in [7, 11) is 0.833. The van der Waals surface area contributed by atoms with Crippen molar-refractivity contribution in [2.24, 2.45) is 0 Å². The van der Waals surface area contributed by atoms with Crippen LogP contribution in [0, 0.1) is 6.92 Å². The van der Waals surface area contributed by atoms with Crippen LogP contribution in [0.2, 0.25) is 0 Å². The van der Waals surface area contributed by atoms with E-state index in [9.17, 15) is 0 Å². The molecule has 0 unspecified atom stereocenters. The molecule has 2 aliphatic rings. The summed E-state index contributed by atoms with van der Waals surface area (Å²) >= 11 is 3.86. The molecule has 0 radical (unpaired) electrons. The van der Waals surface area contributed by atoms with Crippen LogP contribution in [0.4, 0.5) is 11.4 Å². The van der Waals surface area contributed by atoms with Crippen LogP contribution >= 0.6 is 22.7 Å². The van der Waals surface area contributed by atoms with Crippen LogP contribution in [-0.4, -0.2) is 11.8 Å². The normalized spacial score (nSPS) is 15.4. The van der Waals surface area contributed by atoms with Crippen LogP contribution in [0.1, 0.15) is 83.6 Å². The summed E-state index contributed by atoms with van der Waals surface area (Å²) in [4.78, 5) is 0. The highest BCUT2D eigenvalue weighted by Crippen LogP contribution is 2.51. The van der Waals surface area contributed by atoms with Crippen molar-refractivity contribution in [3.63, 3.8) is 0 Å². The molecule has 0 saturated carbocycles. The molecular formula is C61H51BN2OS2. The topological polar surface area (TPSA) is 30.1 Å². The summed E-state index contributed by atoms with van der Waals surface area (Å²) in [6, 6.07) is 48.9. The van der Waals surface area contributed by atoms with E-state index in [0.29, 0.717) is 0 Å². The molecule has 0 amide bonds. The number of fused-ring (bicyclic) bond motifs is 15. The highest BCUT2D eigenvalue weighted by Gasteiger charge is 2.38. The first-order valence-electron chi connectivity index (χ1n) is 24.0. The van der Waals surface area contributed by atoms with Gasteiger partial charge >= 0.3 is 0 Å². The zero-order valence-electron chi connectivity index (χ0n) is 39.4. The van der Waals surface area contributed by atoms with Crippen LogP contribution in [0.25, 0.3) is 101 Å². The Kier molecular flexibility index (Phi) is 7.98. The van der Waals surface area contributed by atoms with Crippen molar-refractivity contribution in [1.29, 1.82) is 0 Å². The highest BCUT2D eigenvalue weighted by molar-refractivity contribution is 7.26. The summed E-state index contributed by atoms with van der Waals surface area (Å²) in [5, 5.41) is 14.3. The number of aromatic nitrogens is 1. The van der Waals surface area contributed by atoms with E-state index in [1.165, 1.54) is 125 Å². The lowest BCUT2D eigenvalue weighted by Gasteiger charge is -2.41. The number of nitrogens with one attached hydrogen (secondary N) is 1. The fourth-order valence-corrected chi connectivity index (χ4v) is 14.4. The van der Waals surface area contributed by atoms with E-state index in [-0.39, 0.29) is 16.2 Å². The number of nitrogens with zero attached hydrogens (tertiary/aromatic N) is 1. The number of aryl methyl sites for hydroxylation is 1. The van der Waals surface area contributed by atoms with E-state index < -0.39 is 0 Å². The smallest absolute Gasteiger partial charge is 0.198 e. The first kappa shape index (κ1) is 39.8. The number of hydrogen-bond acceptors (Lipinski definition) is 4. The first-order valence-corrected chi connectivity index (χ1v) is 25.6. The molecule has 1 aliphatic carbocycles. The Morgan fingerprint density at radius 3 is 2.06 bits per heavy atom. The third kappa shape index (κ3) is 5.69. The first-order chi connectivity index (χ1) is 32.2. The molecule has 67 heavy (non-hydrogen) atoms. The lowest BCUT2D eigenvalue weighted by atomic mass is 9.58. The van der Waals surface area contributed by atoms with Crippen molar-refractivity contribution in [3.8, 4) is 16.8 Å². The SMILES string of the molecule is Cc1cc(-c2cc3c(cc2Nc2ccc(C(C)(C)C)cc2)sc2cc4c(cc23)C(C)(C)CCC4(C)C)c2c3c1c1cc4oc5ccccc5c4cc1n3-c1cc3c(cc1B2)sc1ccccc13. The van der Waals surface area contributed by atoms with E-state index in [0.717, 1.165) is 40.6 Å². The standard InChI is InChI=1S/C61H51BN2OS2/c1-32-23-42(37-24-39-40-25-44-45(61(7,8)22-21-60(44,5)6)29-53(40)67-55(39)31-47(37)63-34-19-17-33(18-20-34)59(2,3)4)57-58-56(32)43-28-51-38(35-13-9-11-15-50(35)65-51)26-48(43)64(58)49-27-41-36-14-10-12-16-52(36)66-54(41)30-46(49)62-57/h9-20,23-31,62-63H,21-22H2,1-8H3. The zero-order valence-corrected chi connectivity index (χ0v) is 41.1. The molecule has 5 heterocycles. The number of rotatable bonds is 3. The van der Waals surface area contributed by atoms with E-state index in [1.54, 1.807) is 0 Å². The zero-order chi connectivity index (χ0) is 45.5. The maximum atomic E-state index is 6.61. The number of anilines is 2. The molecule has 0 fully saturated rings. The van der Waals surface area contributed by atoms with Gasteiger partial charge < -0.3 is 14.3 Å². The summed E-state index contributed by atoms with van der Waals surface area (Å²) < 4.78 is 14.6. The minimum Gasteiger partial charge on any atom is -0.456 e. The van der Waals surface area contributed by atoms with Crippen molar-refractivity contribution < 1.29 is 4.42 Å². The molecule has 326 valence electrons. The maximum Gasteiger partial charge on any atom is 0.198 e. The van der Waals surface area contributed by atoms with Gasteiger partial charge in [0.2, 0.25) is 0 Å². The quantitative estimate of drug-likeness (QED) is 0.179. The van der Waals surface area contributed by atoms with E-state index >= 15 is 0 Å². The number of thiophene rings is 2. The van der Waals surface area contributed by atoms with Crippen molar-refractivity contribution >= 4 is 136 Å². The predicted octanol–water partition coefficient (Wildman–Crippen LogP) is 16.5. The fraction of sp³-hybridized carbons (Fsp3) is 0.213. The summed E-state index contributed by atoms with van der Waals surface area (Å²) in [5.74, 6) is 0. The molecule has 14 rings (SSSR count). The van der Waals surface area contributed by atoms with E-state index in [2.05, 4.69) is 193 Å². The minimum absolute atomic E-state index is 0.0728. The fourth-order valence-electron chi connectivity index (χ4n) is 12.1. The van der Waals surface area contributed by atoms with Crippen LogP contribution < -0.4 is 16.2 Å². The molecule has 12 aromatic rings. The summed E-state index contributed by atoms with van der Waals surface area (Å²) in [6.07, 6.45) is 2.40. The van der Waals surface area contributed by atoms with Gasteiger partial charge in [0.1, 0.15) is 11.2 Å². The van der Waals surface area contributed by atoms with Gasteiger partial charge in [0.15, 0.2) is 7.28 Å². The monoisotopic (exact) mass is 902 g/mol. The lowest BCUT2D eigenvalue weighted by molar-refractivity contribution is 0.332. The van der Waals surface area contributed by atoms with Crippen molar-refractivity contribution in [2.75, 3.05) is 5.32 Å². The highest BCUT2D eigenvalue weighted by atomic mass is 32.1. The molecule has 3 nitrogen and oxygen atoms in total. The molecule has 1 N–H and O–H groups in total. The van der Waals surface area contributed by atoms with Gasteiger partial charge in [0, 0.05) is 90.0 Å². The van der Waals surface area contributed by atoms with E-state index in [4.69, 9.17) is 4.42 Å². The van der Waals surface area contributed by atoms with Gasteiger partial charge in [0.25, 0.3) is 0 Å². The van der Waals surface area contributed by atoms with Crippen LogP contribution in [0.3, 0.4) is 0 Å². The second-order valence-electron chi connectivity index (χ2n) is 22.1. The van der Waals surface area contributed by atoms with Gasteiger partial charge in [0.05, 0.1) is 5.52 Å². The Morgan fingerprint density at radius 2 is 1.27 bits per heavy atom.